The summed E-state index contributed by atoms with van der Waals surface area (Å²) in [5.41, 5.74) is 5.31. The fraction of sp³-hybridized carbons (Fsp3) is 0.0526. The minimum Gasteiger partial charge on any atom is -0.383 e. The molecule has 0 saturated heterocycles. The third kappa shape index (κ3) is 5.71. The second-order valence-corrected chi connectivity index (χ2v) is 8.38. The average Bonchev–Trinajstić information content (AvgIpc) is 2.78. The van der Waals surface area contributed by atoms with Crippen molar-refractivity contribution < 1.29 is 35.9 Å². The molecule has 15 heteroatoms. The Hall–Kier alpha value is -3.91. The number of sulfonamides is 1. The zero-order chi connectivity index (χ0) is 25.1. The molecular weight excluding hydrogens is 503 g/mol. The fourth-order valence-corrected chi connectivity index (χ4v) is 3.83. The first kappa shape index (κ1) is 24.7. The lowest BCUT2D eigenvalue weighted by Crippen LogP contribution is -2.28. The maximum Gasteiger partial charge on any atom is 0.491 e. The Morgan fingerprint density at radius 3 is 2.53 bits per heavy atom. The summed E-state index contributed by atoms with van der Waals surface area (Å²) in [6, 6.07) is 8.48. The molecule has 0 spiro atoms. The minimum absolute atomic E-state index is 0.107. The van der Waals surface area contributed by atoms with Gasteiger partial charge in [-0.15, -0.1) is 4.51 Å². The Bertz CT molecular complexity index is 1410. The van der Waals surface area contributed by atoms with Crippen molar-refractivity contribution in [3.8, 4) is 0 Å². The van der Waals surface area contributed by atoms with Crippen molar-refractivity contribution in [1.29, 1.82) is 0 Å². The van der Waals surface area contributed by atoms with E-state index >= 15 is 0 Å². The minimum atomic E-state index is -5.36. The fourth-order valence-electron chi connectivity index (χ4n) is 2.71. The molecule has 3 aromatic rings. The van der Waals surface area contributed by atoms with Crippen LogP contribution in [0, 0.1) is 0 Å². The van der Waals surface area contributed by atoms with Crippen molar-refractivity contribution >= 4 is 61.8 Å². The quantitative estimate of drug-likeness (QED) is 0.203. The lowest BCUT2D eigenvalue weighted by Gasteiger charge is -2.12. The van der Waals surface area contributed by atoms with E-state index < -0.39 is 33.7 Å². The molecule has 0 atom stereocenters. The Morgan fingerprint density at radius 2 is 1.85 bits per heavy atom. The predicted octanol–water partition coefficient (Wildman–Crippen LogP) is 3.16. The topological polar surface area (TPSA) is 153 Å². The van der Waals surface area contributed by atoms with Crippen LogP contribution in [0.5, 0.6) is 0 Å². The highest BCUT2D eigenvalue weighted by atomic mass is 35.5. The van der Waals surface area contributed by atoms with E-state index in [2.05, 4.69) is 24.3 Å². The first-order chi connectivity index (χ1) is 15.9. The molecule has 0 radical (unpaired) electrons. The molecule has 0 aliphatic heterocycles. The molecule has 2 aromatic carbocycles. The number of aromatic nitrogens is 1. The molecule has 0 saturated carbocycles. The standard InChI is InChI=1S/C19H13ClF3N5O5S/c20-27-18(24)26-15-9-25-8-11-7-13(4-5-14(11)15)34(31,32)28-12-3-1-2-10(6-12)16(29)33-17(30)19(21,22)23/h1-9,28H,(H3,24,26,27). The summed E-state index contributed by atoms with van der Waals surface area (Å²) < 4.78 is 71.7. The van der Waals surface area contributed by atoms with Gasteiger partial charge in [-0.1, -0.05) is 12.1 Å². The maximum atomic E-state index is 12.8. The summed E-state index contributed by atoms with van der Waals surface area (Å²) in [6.45, 7) is 0. The number of pyridine rings is 1. The number of esters is 2. The molecule has 1 heterocycles. The van der Waals surface area contributed by atoms with Crippen LogP contribution in [0.25, 0.3) is 10.8 Å². The van der Waals surface area contributed by atoms with Gasteiger partial charge in [-0.3, -0.25) is 9.71 Å². The van der Waals surface area contributed by atoms with Gasteiger partial charge < -0.3 is 15.8 Å². The first-order valence-electron chi connectivity index (χ1n) is 8.96. The Labute approximate surface area is 194 Å². The van der Waals surface area contributed by atoms with Crippen molar-refractivity contribution in [1.82, 2.24) is 4.98 Å². The number of ether oxygens (including phenoxy) is 1. The third-order valence-corrected chi connectivity index (χ3v) is 5.72. The number of carbonyl (C=O) groups excluding carboxylic acids is 2. The van der Waals surface area contributed by atoms with Crippen LogP contribution in [-0.2, 0) is 19.6 Å². The molecule has 1 aromatic heterocycles. The lowest BCUT2D eigenvalue weighted by atomic mass is 10.1. The highest BCUT2D eigenvalue weighted by molar-refractivity contribution is 7.92. The van der Waals surface area contributed by atoms with E-state index in [1.807, 2.05) is 0 Å². The normalized spacial score (nSPS) is 12.3. The van der Waals surface area contributed by atoms with Crippen LogP contribution in [0.3, 0.4) is 0 Å². The van der Waals surface area contributed by atoms with Gasteiger partial charge in [0.1, 0.15) is 0 Å². The van der Waals surface area contributed by atoms with Crippen LogP contribution in [-0.4, -0.2) is 37.5 Å². The molecule has 0 amide bonds. The summed E-state index contributed by atoms with van der Waals surface area (Å²) in [5, 5.41) is 3.67. The van der Waals surface area contributed by atoms with Crippen LogP contribution in [0.4, 0.5) is 24.5 Å². The number of fused-ring (bicyclic) bond motifs is 1. The van der Waals surface area contributed by atoms with Crippen LogP contribution in [0.2, 0.25) is 0 Å². The van der Waals surface area contributed by atoms with Crippen molar-refractivity contribution in [3.63, 3.8) is 0 Å². The second kappa shape index (κ2) is 9.52. The molecule has 0 aliphatic carbocycles. The molecule has 0 fully saturated rings. The smallest absolute Gasteiger partial charge is 0.383 e. The average molecular weight is 516 g/mol. The number of guanidine groups is 1. The van der Waals surface area contributed by atoms with Crippen molar-refractivity contribution in [2.24, 2.45) is 10.2 Å². The molecule has 178 valence electrons. The Balaban J connectivity index is 1.85. The number of alkyl halides is 3. The van der Waals surface area contributed by atoms with E-state index in [1.54, 1.807) is 0 Å². The van der Waals surface area contributed by atoms with Gasteiger partial charge in [-0.2, -0.15) is 13.2 Å². The lowest BCUT2D eigenvalue weighted by molar-refractivity contribution is -0.193. The van der Waals surface area contributed by atoms with Crippen LogP contribution < -0.4 is 15.8 Å². The number of rotatable bonds is 5. The van der Waals surface area contributed by atoms with Crippen molar-refractivity contribution in [2.75, 3.05) is 10.0 Å². The molecule has 3 rings (SSSR count). The first-order valence-corrected chi connectivity index (χ1v) is 10.8. The number of hydrogen-bond donors (Lipinski definition) is 3. The molecule has 0 bridgehead atoms. The number of anilines is 2. The highest BCUT2D eigenvalue weighted by Crippen LogP contribution is 2.26. The number of carbonyl (C=O) groups is 2. The summed E-state index contributed by atoms with van der Waals surface area (Å²) in [7, 11) is -4.20. The van der Waals surface area contributed by atoms with Gasteiger partial charge in [0.25, 0.3) is 10.0 Å². The molecule has 4 N–H and O–H groups in total. The summed E-state index contributed by atoms with van der Waals surface area (Å²) in [6.07, 6.45) is -2.53. The number of nitrogens with two attached hydrogens (primary N) is 1. The molecule has 0 unspecified atom stereocenters. The highest BCUT2D eigenvalue weighted by Gasteiger charge is 2.42. The van der Waals surface area contributed by atoms with Gasteiger partial charge >= 0.3 is 18.1 Å². The van der Waals surface area contributed by atoms with E-state index in [9.17, 15) is 31.2 Å². The maximum absolute atomic E-state index is 12.8. The monoisotopic (exact) mass is 515 g/mol. The molecular formula is C19H13ClF3N5O5S. The molecule has 34 heavy (non-hydrogen) atoms. The largest absolute Gasteiger partial charge is 0.491 e. The summed E-state index contributed by atoms with van der Waals surface area (Å²) in [5.74, 6) is -4.40. The van der Waals surface area contributed by atoms with Crippen LogP contribution in [0.1, 0.15) is 10.4 Å². The van der Waals surface area contributed by atoms with E-state index in [-0.39, 0.29) is 16.5 Å². The van der Waals surface area contributed by atoms with Crippen molar-refractivity contribution in [2.45, 2.75) is 11.1 Å². The third-order valence-electron chi connectivity index (χ3n) is 4.16. The van der Waals surface area contributed by atoms with Crippen molar-refractivity contribution in [3.05, 3.63) is 60.4 Å². The van der Waals surface area contributed by atoms with Gasteiger partial charge in [0.05, 0.1) is 22.3 Å². The number of nitrogens with zero attached hydrogens (tertiary/aromatic N) is 2. The van der Waals surface area contributed by atoms with Gasteiger partial charge in [0.15, 0.2) is 0 Å². The van der Waals surface area contributed by atoms with Gasteiger partial charge in [-0.05, 0) is 30.3 Å². The molecule has 0 aliphatic rings. The van der Waals surface area contributed by atoms with E-state index in [0.717, 1.165) is 12.1 Å². The number of benzene rings is 2. The zero-order valence-corrected chi connectivity index (χ0v) is 18.2. The van der Waals surface area contributed by atoms with Crippen LogP contribution >= 0.6 is 11.8 Å². The van der Waals surface area contributed by atoms with Gasteiger partial charge in [0, 0.05) is 34.4 Å². The summed E-state index contributed by atoms with van der Waals surface area (Å²) in [4.78, 5) is 26.5. The summed E-state index contributed by atoms with van der Waals surface area (Å²) >= 11 is 5.29. The molecule has 10 nitrogen and oxygen atoms in total. The van der Waals surface area contributed by atoms with E-state index in [0.29, 0.717) is 16.5 Å². The zero-order valence-electron chi connectivity index (χ0n) is 16.6. The van der Waals surface area contributed by atoms with Gasteiger partial charge in [-0.25, -0.2) is 18.0 Å². The Morgan fingerprint density at radius 1 is 1.12 bits per heavy atom. The second-order valence-electron chi connectivity index (χ2n) is 6.53. The van der Waals surface area contributed by atoms with E-state index in [1.165, 1.54) is 42.7 Å². The number of halogens is 4. The van der Waals surface area contributed by atoms with Gasteiger partial charge in [0.2, 0.25) is 5.96 Å². The van der Waals surface area contributed by atoms with Crippen LogP contribution in [0.15, 0.2) is 64.3 Å². The van der Waals surface area contributed by atoms with E-state index in [4.69, 9.17) is 17.5 Å². The number of nitrogens with one attached hydrogen (secondary N) is 2. The number of hydrogen-bond acceptors (Lipinski definition) is 7. The predicted molar refractivity (Wildman–Crippen MR) is 117 cm³/mol. The SMILES string of the molecule is NC(=NCl)Nc1cncc2cc(S(=O)(=O)Nc3cccc(C(=O)OC(=O)C(F)(F)F)c3)ccc12. The Kier molecular flexibility index (Phi) is 6.93.